The lowest BCUT2D eigenvalue weighted by Crippen LogP contribution is -2.17. The van der Waals surface area contributed by atoms with Crippen molar-refractivity contribution in [3.8, 4) is 5.69 Å². The van der Waals surface area contributed by atoms with Crippen LogP contribution in [0.5, 0.6) is 0 Å². The van der Waals surface area contributed by atoms with Gasteiger partial charge in [-0.2, -0.15) is 0 Å². The van der Waals surface area contributed by atoms with Gasteiger partial charge in [-0.15, -0.1) is 11.3 Å². The van der Waals surface area contributed by atoms with E-state index in [0.717, 1.165) is 0 Å². The molecule has 2 aromatic heterocycles. The maximum Gasteiger partial charge on any atom is 0.0631 e. The molecular weight excluding hydrogens is 442 g/mol. The van der Waals surface area contributed by atoms with Crippen LogP contribution >= 0.6 is 11.3 Å². The van der Waals surface area contributed by atoms with Crippen molar-refractivity contribution in [1.82, 2.24) is 4.57 Å². The van der Waals surface area contributed by atoms with Crippen LogP contribution in [0.1, 0.15) is 24.0 Å². The van der Waals surface area contributed by atoms with E-state index >= 15 is 0 Å². The Morgan fingerprint density at radius 3 is 2.43 bits per heavy atom. The standard InChI is InChI=1S/C33H23NS/c1-20-10-9-11-21-18-19-25-29(28(20)21)30-24-15-6-8-17-27(24)35-33(30)31-23-14-5-7-16-26(23)34(32(25)31)22-12-3-2-4-13-22/h2-20,28H,1H3. The topological polar surface area (TPSA) is 4.93 Å². The number of para-hydroxylation sites is 2. The summed E-state index contributed by atoms with van der Waals surface area (Å²) < 4.78 is 5.28. The smallest absolute Gasteiger partial charge is 0.0631 e. The van der Waals surface area contributed by atoms with Gasteiger partial charge in [-0.25, -0.2) is 0 Å². The molecule has 2 heterocycles. The van der Waals surface area contributed by atoms with Gasteiger partial charge >= 0.3 is 0 Å². The molecule has 6 aromatic rings. The molecule has 2 atom stereocenters. The molecular formula is C33H23NS. The van der Waals surface area contributed by atoms with Gasteiger partial charge in [0.25, 0.3) is 0 Å². The highest BCUT2D eigenvalue weighted by atomic mass is 32.1. The molecule has 0 N–H and O–H groups in total. The number of allylic oxidation sites excluding steroid dienone is 5. The fraction of sp³-hybridized carbons (Fsp3) is 0.0909. The van der Waals surface area contributed by atoms with Crippen molar-refractivity contribution in [2.45, 2.75) is 12.8 Å². The van der Waals surface area contributed by atoms with E-state index in [4.69, 9.17) is 0 Å². The van der Waals surface area contributed by atoms with E-state index in [1.54, 1.807) is 0 Å². The second-order valence-corrected chi connectivity index (χ2v) is 10.8. The summed E-state index contributed by atoms with van der Waals surface area (Å²) in [6.45, 7) is 2.37. The van der Waals surface area contributed by atoms with Gasteiger partial charge in [-0.05, 0) is 41.3 Å². The van der Waals surface area contributed by atoms with E-state index < -0.39 is 0 Å². The lowest BCUT2D eigenvalue weighted by Gasteiger charge is -2.32. The second kappa shape index (κ2) is 7.07. The predicted octanol–water partition coefficient (Wildman–Crippen LogP) is 9.39. The van der Waals surface area contributed by atoms with E-state index in [2.05, 4.69) is 121 Å². The van der Waals surface area contributed by atoms with E-state index in [0.29, 0.717) is 11.8 Å². The molecule has 4 aromatic carbocycles. The van der Waals surface area contributed by atoms with Crippen molar-refractivity contribution < 1.29 is 0 Å². The summed E-state index contributed by atoms with van der Waals surface area (Å²) in [5, 5.41) is 5.55. The molecule has 2 heteroatoms. The summed E-state index contributed by atoms with van der Waals surface area (Å²) in [7, 11) is 0. The van der Waals surface area contributed by atoms with Gasteiger partial charge in [-0.1, -0.05) is 91.9 Å². The van der Waals surface area contributed by atoms with Crippen molar-refractivity contribution in [1.29, 1.82) is 0 Å². The second-order valence-electron chi connectivity index (χ2n) is 9.76. The molecule has 0 amide bonds. The molecule has 0 aliphatic heterocycles. The highest BCUT2D eigenvalue weighted by Gasteiger charge is 2.33. The number of rotatable bonds is 1. The van der Waals surface area contributed by atoms with Crippen LogP contribution in [0.3, 0.4) is 0 Å². The van der Waals surface area contributed by atoms with Crippen molar-refractivity contribution >= 4 is 59.4 Å². The molecule has 0 bridgehead atoms. The minimum absolute atomic E-state index is 0.368. The largest absolute Gasteiger partial charge is 0.309 e. The molecule has 0 spiro atoms. The number of hydrogen-bond donors (Lipinski definition) is 0. The Kier molecular flexibility index (Phi) is 3.92. The molecule has 0 fully saturated rings. The van der Waals surface area contributed by atoms with Crippen LogP contribution in [-0.2, 0) is 0 Å². The van der Waals surface area contributed by atoms with Crippen LogP contribution in [0.25, 0.3) is 53.7 Å². The summed E-state index contributed by atoms with van der Waals surface area (Å²) in [6.07, 6.45) is 11.7. The Balaban J connectivity index is 1.69. The predicted molar refractivity (Wildman–Crippen MR) is 152 cm³/mol. The van der Waals surface area contributed by atoms with E-state index in [1.165, 1.54) is 64.4 Å². The fourth-order valence-corrected chi connectivity index (χ4v) is 7.72. The zero-order valence-corrected chi connectivity index (χ0v) is 20.2. The molecule has 166 valence electrons. The van der Waals surface area contributed by atoms with E-state index in [9.17, 15) is 0 Å². The molecule has 35 heavy (non-hydrogen) atoms. The first kappa shape index (κ1) is 19.4. The van der Waals surface area contributed by atoms with Crippen molar-refractivity contribution in [3.05, 3.63) is 120 Å². The minimum atomic E-state index is 0.368. The molecule has 2 aliphatic carbocycles. The van der Waals surface area contributed by atoms with Crippen molar-refractivity contribution in [2.24, 2.45) is 5.92 Å². The minimum Gasteiger partial charge on any atom is -0.309 e. The third-order valence-corrected chi connectivity index (χ3v) is 9.06. The summed E-state index contributed by atoms with van der Waals surface area (Å²) >= 11 is 1.95. The molecule has 1 nitrogen and oxygen atoms in total. The molecule has 2 unspecified atom stereocenters. The summed E-state index contributed by atoms with van der Waals surface area (Å²) in [5.74, 6) is 0.819. The van der Waals surface area contributed by atoms with Crippen molar-refractivity contribution in [3.63, 3.8) is 0 Å². The number of benzene rings is 4. The van der Waals surface area contributed by atoms with Crippen LogP contribution in [-0.4, -0.2) is 4.57 Å². The lowest BCUT2D eigenvalue weighted by atomic mass is 9.72. The third kappa shape index (κ3) is 2.53. The van der Waals surface area contributed by atoms with Crippen LogP contribution in [0.2, 0.25) is 0 Å². The zero-order chi connectivity index (χ0) is 23.1. The summed E-state index contributed by atoms with van der Waals surface area (Å²) in [4.78, 5) is 0. The van der Waals surface area contributed by atoms with Crippen LogP contribution < -0.4 is 0 Å². The average Bonchev–Trinajstić information content (AvgIpc) is 3.45. The first-order valence-corrected chi connectivity index (χ1v) is 13.1. The van der Waals surface area contributed by atoms with Crippen LogP contribution in [0, 0.1) is 5.92 Å². The maximum absolute atomic E-state index is 2.50. The highest BCUT2D eigenvalue weighted by Crippen LogP contribution is 2.53. The van der Waals surface area contributed by atoms with Gasteiger partial charge in [0, 0.05) is 48.1 Å². The quantitative estimate of drug-likeness (QED) is 0.228. The first-order chi connectivity index (χ1) is 17.3. The maximum atomic E-state index is 2.50. The Morgan fingerprint density at radius 1 is 0.771 bits per heavy atom. The van der Waals surface area contributed by atoms with Gasteiger partial charge in [0.15, 0.2) is 0 Å². The van der Waals surface area contributed by atoms with Gasteiger partial charge in [0.1, 0.15) is 0 Å². The van der Waals surface area contributed by atoms with Crippen molar-refractivity contribution in [2.75, 3.05) is 0 Å². The van der Waals surface area contributed by atoms with Gasteiger partial charge in [0.05, 0.1) is 11.0 Å². The first-order valence-electron chi connectivity index (χ1n) is 12.3. The van der Waals surface area contributed by atoms with E-state index in [1.807, 2.05) is 11.3 Å². The number of nitrogens with zero attached hydrogens (tertiary/aromatic N) is 1. The van der Waals surface area contributed by atoms with Gasteiger partial charge in [0.2, 0.25) is 0 Å². The Hall–Kier alpha value is -3.88. The molecule has 0 saturated heterocycles. The van der Waals surface area contributed by atoms with E-state index in [-0.39, 0.29) is 0 Å². The summed E-state index contributed by atoms with van der Waals surface area (Å²) in [5.41, 5.74) is 8.12. The Labute approximate surface area is 207 Å². The molecule has 2 aliphatic rings. The highest BCUT2D eigenvalue weighted by molar-refractivity contribution is 7.26. The normalized spacial score (nSPS) is 18.9. The zero-order valence-electron chi connectivity index (χ0n) is 19.4. The number of fused-ring (bicyclic) bond motifs is 12. The SMILES string of the molecule is CC1C=CC=C2C=Cc3c(c4c5ccccc5sc4c4c5ccccc5n(-c5ccccc5)c34)C21. The average molecular weight is 466 g/mol. The van der Waals surface area contributed by atoms with Crippen LogP contribution in [0.4, 0.5) is 0 Å². The third-order valence-electron chi connectivity index (χ3n) is 7.87. The van der Waals surface area contributed by atoms with Gasteiger partial charge < -0.3 is 4.57 Å². The molecule has 0 saturated carbocycles. The number of aromatic nitrogens is 1. The summed E-state index contributed by atoms with van der Waals surface area (Å²) in [6, 6.07) is 28.8. The molecule has 8 rings (SSSR count). The lowest BCUT2D eigenvalue weighted by molar-refractivity contribution is 0.617. The fourth-order valence-electron chi connectivity index (χ4n) is 6.44. The number of hydrogen-bond acceptors (Lipinski definition) is 1. The Bertz CT molecular complexity index is 1910. The van der Waals surface area contributed by atoms with Crippen LogP contribution in [0.15, 0.2) is 109 Å². The van der Waals surface area contributed by atoms with Gasteiger partial charge in [-0.3, -0.25) is 0 Å². The molecule has 0 radical (unpaired) electrons. The Morgan fingerprint density at radius 2 is 1.54 bits per heavy atom. The monoisotopic (exact) mass is 465 g/mol. The number of thiophene rings is 1.